The number of halogens is 1. The molecule has 0 atom stereocenters. The fourth-order valence-electron chi connectivity index (χ4n) is 1.36. The molecule has 1 rings (SSSR count). The van der Waals surface area contributed by atoms with Crippen LogP contribution in [0.3, 0.4) is 0 Å². The van der Waals surface area contributed by atoms with Crippen molar-refractivity contribution in [2.45, 2.75) is 13.8 Å². The van der Waals surface area contributed by atoms with Crippen LogP contribution in [-0.2, 0) is 15.0 Å². The zero-order valence-corrected chi connectivity index (χ0v) is 10.3. The van der Waals surface area contributed by atoms with E-state index in [-0.39, 0.29) is 12.2 Å². The van der Waals surface area contributed by atoms with E-state index in [1.807, 2.05) is 4.72 Å². The first-order valence-corrected chi connectivity index (χ1v) is 6.37. The van der Waals surface area contributed by atoms with E-state index in [9.17, 15) is 17.6 Å². The maximum atomic E-state index is 13.0. The molecule has 17 heavy (non-hydrogen) atoms. The van der Waals surface area contributed by atoms with Crippen LogP contribution in [0.5, 0.6) is 0 Å². The summed E-state index contributed by atoms with van der Waals surface area (Å²) in [5.41, 5.74) is 0.168. The van der Waals surface area contributed by atoms with Gasteiger partial charge in [0.25, 0.3) is 0 Å². The Hall–Kier alpha value is -1.63. The van der Waals surface area contributed by atoms with Crippen molar-refractivity contribution >= 4 is 21.8 Å². The summed E-state index contributed by atoms with van der Waals surface area (Å²) < 4.78 is 39.3. The van der Waals surface area contributed by atoms with Crippen molar-refractivity contribution in [3.8, 4) is 0 Å². The van der Waals surface area contributed by atoms with Crippen LogP contribution < -0.4 is 9.03 Å². The van der Waals surface area contributed by atoms with Crippen LogP contribution in [0, 0.1) is 5.82 Å². The average Bonchev–Trinajstić information content (AvgIpc) is 2.15. The van der Waals surface area contributed by atoms with Gasteiger partial charge in [-0.1, -0.05) is 6.07 Å². The lowest BCUT2D eigenvalue weighted by Crippen LogP contribution is -2.42. The topological polar surface area (TPSA) is 66.5 Å². The zero-order chi connectivity index (χ0) is 13.1. The average molecular weight is 260 g/mol. The van der Waals surface area contributed by atoms with E-state index in [1.165, 1.54) is 18.2 Å². The van der Waals surface area contributed by atoms with Gasteiger partial charge in [0.15, 0.2) is 0 Å². The van der Waals surface area contributed by atoms with E-state index in [1.54, 1.807) is 6.92 Å². The predicted molar refractivity (Wildman–Crippen MR) is 62.2 cm³/mol. The van der Waals surface area contributed by atoms with Crippen molar-refractivity contribution in [1.82, 2.24) is 4.72 Å². The first-order valence-electron chi connectivity index (χ1n) is 4.93. The quantitative estimate of drug-likeness (QED) is 0.879. The van der Waals surface area contributed by atoms with Crippen molar-refractivity contribution in [2.75, 3.05) is 10.8 Å². The molecule has 1 amide bonds. The summed E-state index contributed by atoms with van der Waals surface area (Å²) in [6, 6.07) is 5.15. The number of amides is 1. The van der Waals surface area contributed by atoms with Gasteiger partial charge in [-0.05, 0) is 25.1 Å². The number of hydrogen-bond acceptors (Lipinski definition) is 3. The molecule has 0 radical (unpaired) electrons. The SMILES string of the molecule is CCN(c1cccc(F)c1)S(=O)(=O)NC(C)=O. The van der Waals surface area contributed by atoms with Crippen molar-refractivity contribution < 1.29 is 17.6 Å². The molecule has 0 aromatic heterocycles. The van der Waals surface area contributed by atoms with Gasteiger partial charge in [0.2, 0.25) is 5.91 Å². The molecule has 0 aliphatic carbocycles. The number of carbonyl (C=O) groups excluding carboxylic acids is 1. The number of rotatable bonds is 4. The molecule has 0 unspecified atom stereocenters. The van der Waals surface area contributed by atoms with E-state index < -0.39 is 21.9 Å². The molecule has 0 spiro atoms. The molecule has 0 aliphatic heterocycles. The summed E-state index contributed by atoms with van der Waals surface area (Å²) in [7, 11) is -3.97. The van der Waals surface area contributed by atoms with Crippen LogP contribution in [0.4, 0.5) is 10.1 Å². The summed E-state index contributed by atoms with van der Waals surface area (Å²) >= 11 is 0. The first-order chi connectivity index (χ1) is 7.86. The molecule has 5 nitrogen and oxygen atoms in total. The van der Waals surface area contributed by atoms with Gasteiger partial charge in [-0.25, -0.2) is 9.11 Å². The summed E-state index contributed by atoms with van der Waals surface area (Å²) in [6.45, 7) is 2.77. The first kappa shape index (κ1) is 13.4. The number of hydrogen-bond donors (Lipinski definition) is 1. The Labute approximate surface area is 99.4 Å². The molecule has 1 aromatic carbocycles. The Balaban J connectivity index is 3.12. The third-order valence-electron chi connectivity index (χ3n) is 1.95. The summed E-state index contributed by atoms with van der Waals surface area (Å²) in [4.78, 5) is 10.8. The summed E-state index contributed by atoms with van der Waals surface area (Å²) in [5, 5.41) is 0. The van der Waals surface area contributed by atoms with Crippen LogP contribution >= 0.6 is 0 Å². The van der Waals surface area contributed by atoms with Gasteiger partial charge in [0, 0.05) is 13.5 Å². The fourth-order valence-corrected chi connectivity index (χ4v) is 2.56. The molecule has 0 saturated heterocycles. The number of benzene rings is 1. The molecular weight excluding hydrogens is 247 g/mol. The normalized spacial score (nSPS) is 11.0. The molecule has 0 aliphatic rings. The molecule has 0 saturated carbocycles. The third kappa shape index (κ3) is 3.42. The van der Waals surface area contributed by atoms with E-state index in [0.717, 1.165) is 17.3 Å². The monoisotopic (exact) mass is 260 g/mol. The van der Waals surface area contributed by atoms with Gasteiger partial charge >= 0.3 is 10.2 Å². The zero-order valence-electron chi connectivity index (χ0n) is 9.47. The van der Waals surface area contributed by atoms with Gasteiger partial charge in [-0.2, -0.15) is 8.42 Å². The maximum Gasteiger partial charge on any atom is 0.326 e. The Morgan fingerprint density at radius 1 is 1.47 bits per heavy atom. The van der Waals surface area contributed by atoms with E-state index in [4.69, 9.17) is 0 Å². The lowest BCUT2D eigenvalue weighted by atomic mass is 10.3. The van der Waals surface area contributed by atoms with E-state index in [0.29, 0.717) is 0 Å². The molecule has 0 fully saturated rings. The van der Waals surface area contributed by atoms with Crippen LogP contribution in [0.1, 0.15) is 13.8 Å². The Morgan fingerprint density at radius 2 is 2.12 bits per heavy atom. The minimum atomic E-state index is -3.97. The highest BCUT2D eigenvalue weighted by Gasteiger charge is 2.21. The Bertz CT molecular complexity index is 516. The molecule has 7 heteroatoms. The lowest BCUT2D eigenvalue weighted by Gasteiger charge is -2.22. The summed E-state index contributed by atoms with van der Waals surface area (Å²) in [5.74, 6) is -1.24. The highest BCUT2D eigenvalue weighted by molar-refractivity contribution is 7.91. The highest BCUT2D eigenvalue weighted by Crippen LogP contribution is 2.17. The predicted octanol–water partition coefficient (Wildman–Crippen LogP) is 1.03. The second kappa shape index (κ2) is 5.13. The van der Waals surface area contributed by atoms with Crippen molar-refractivity contribution in [3.63, 3.8) is 0 Å². The van der Waals surface area contributed by atoms with E-state index in [2.05, 4.69) is 0 Å². The van der Waals surface area contributed by atoms with Gasteiger partial charge < -0.3 is 0 Å². The Kier molecular flexibility index (Phi) is 4.06. The van der Waals surface area contributed by atoms with Gasteiger partial charge in [0.05, 0.1) is 5.69 Å². The van der Waals surface area contributed by atoms with Crippen LogP contribution in [0.15, 0.2) is 24.3 Å². The second-order valence-corrected chi connectivity index (χ2v) is 4.90. The molecule has 0 bridgehead atoms. The minimum Gasteiger partial charge on any atom is -0.274 e. The second-order valence-electron chi connectivity index (χ2n) is 3.31. The van der Waals surface area contributed by atoms with E-state index >= 15 is 0 Å². The number of carbonyl (C=O) groups is 1. The Morgan fingerprint density at radius 3 is 2.59 bits per heavy atom. The molecule has 94 valence electrons. The highest BCUT2D eigenvalue weighted by atomic mass is 32.2. The smallest absolute Gasteiger partial charge is 0.274 e. The van der Waals surface area contributed by atoms with Crippen molar-refractivity contribution in [1.29, 1.82) is 0 Å². The minimum absolute atomic E-state index is 0.0894. The van der Waals surface area contributed by atoms with Gasteiger partial charge in [0.1, 0.15) is 5.82 Å². The molecule has 1 aromatic rings. The number of nitrogens with one attached hydrogen (secondary N) is 1. The van der Waals surface area contributed by atoms with Crippen LogP contribution in [-0.4, -0.2) is 20.9 Å². The van der Waals surface area contributed by atoms with Gasteiger partial charge in [-0.15, -0.1) is 0 Å². The molecule has 1 N–H and O–H groups in total. The molecular formula is C10H13FN2O3S. The lowest BCUT2D eigenvalue weighted by molar-refractivity contribution is -0.117. The van der Waals surface area contributed by atoms with Gasteiger partial charge in [-0.3, -0.25) is 9.10 Å². The number of nitrogens with zero attached hydrogens (tertiary/aromatic N) is 1. The largest absolute Gasteiger partial charge is 0.326 e. The fraction of sp³-hybridized carbons (Fsp3) is 0.300. The van der Waals surface area contributed by atoms with Crippen LogP contribution in [0.25, 0.3) is 0 Å². The number of anilines is 1. The maximum absolute atomic E-state index is 13.0. The van der Waals surface area contributed by atoms with Crippen LogP contribution in [0.2, 0.25) is 0 Å². The third-order valence-corrected chi connectivity index (χ3v) is 3.54. The summed E-state index contributed by atoms with van der Waals surface area (Å²) in [6.07, 6.45) is 0. The molecule has 0 heterocycles. The van der Waals surface area contributed by atoms with Crippen molar-refractivity contribution in [3.05, 3.63) is 30.1 Å². The van der Waals surface area contributed by atoms with Crippen molar-refractivity contribution in [2.24, 2.45) is 0 Å². The standard InChI is InChI=1S/C10H13FN2O3S/c1-3-13(17(15,16)12-8(2)14)10-6-4-5-9(11)7-10/h4-7H,3H2,1-2H3,(H,12,14).